The van der Waals surface area contributed by atoms with Gasteiger partial charge in [-0.1, -0.05) is 12.8 Å². The highest BCUT2D eigenvalue weighted by Gasteiger charge is 2.35. The second-order valence-electron chi connectivity index (χ2n) is 6.51. The molecule has 0 saturated carbocycles. The average Bonchev–Trinajstić information content (AvgIpc) is 2.89. The molecule has 1 N–H and O–H groups in total. The number of likely N-dealkylation sites (tertiary alicyclic amines) is 1. The van der Waals surface area contributed by atoms with Gasteiger partial charge in [-0.2, -0.15) is 0 Å². The van der Waals surface area contributed by atoms with Crippen molar-refractivity contribution in [1.29, 1.82) is 0 Å². The number of rotatable bonds is 3. The van der Waals surface area contributed by atoms with Gasteiger partial charge < -0.3 is 14.6 Å². The van der Waals surface area contributed by atoms with Gasteiger partial charge in [0.25, 0.3) is 0 Å². The first-order chi connectivity index (χ1) is 10.8. The van der Waals surface area contributed by atoms with Crippen LogP contribution in [0.4, 0.5) is 0 Å². The number of hydrogen-bond donors (Lipinski definition) is 1. The zero-order valence-corrected chi connectivity index (χ0v) is 13.5. The molecule has 0 spiro atoms. The number of furan rings is 1. The second-order valence-corrected chi connectivity index (χ2v) is 6.51. The smallest absolute Gasteiger partial charge is 0.247 e. The molecule has 3 heterocycles. The fraction of sp³-hybridized carbons (Fsp3) is 0.706. The number of amides is 1. The molecule has 2 saturated heterocycles. The van der Waals surface area contributed by atoms with Gasteiger partial charge in [0.05, 0.1) is 6.26 Å². The van der Waals surface area contributed by atoms with Crippen LogP contribution >= 0.6 is 0 Å². The number of carbonyl (C=O) groups is 1. The van der Waals surface area contributed by atoms with E-state index in [1.807, 2.05) is 17.0 Å². The zero-order chi connectivity index (χ0) is 15.4. The van der Waals surface area contributed by atoms with Crippen molar-refractivity contribution in [3.8, 4) is 0 Å². The van der Waals surface area contributed by atoms with E-state index < -0.39 is 0 Å². The minimum Gasteiger partial charge on any atom is -0.467 e. The van der Waals surface area contributed by atoms with Crippen LogP contribution in [0.5, 0.6) is 0 Å². The number of nitrogens with zero attached hydrogens (tertiary/aromatic N) is 2. The Hall–Kier alpha value is -1.33. The minimum absolute atomic E-state index is 0.214. The first kappa shape index (κ1) is 15.6. The fourth-order valence-corrected chi connectivity index (χ4v) is 3.57. The number of nitrogens with one attached hydrogen (secondary N) is 1. The van der Waals surface area contributed by atoms with Gasteiger partial charge in [0.2, 0.25) is 5.91 Å². The summed E-state index contributed by atoms with van der Waals surface area (Å²) < 4.78 is 5.62. The molecule has 0 aliphatic carbocycles. The molecule has 2 fully saturated rings. The Kier molecular flexibility index (Phi) is 5.16. The minimum atomic E-state index is -0.266. The van der Waals surface area contributed by atoms with Gasteiger partial charge in [0.1, 0.15) is 11.8 Å². The third-order valence-corrected chi connectivity index (χ3v) is 4.73. The summed E-state index contributed by atoms with van der Waals surface area (Å²) in [7, 11) is 0. The van der Waals surface area contributed by atoms with Crippen LogP contribution in [0.15, 0.2) is 22.8 Å². The lowest BCUT2D eigenvalue weighted by molar-refractivity contribution is -0.138. The highest BCUT2D eigenvalue weighted by Crippen LogP contribution is 2.26. The molecule has 1 aromatic rings. The van der Waals surface area contributed by atoms with E-state index in [4.69, 9.17) is 4.42 Å². The van der Waals surface area contributed by atoms with E-state index in [1.54, 1.807) is 6.26 Å². The first-order valence-electron chi connectivity index (χ1n) is 8.55. The Morgan fingerprint density at radius 3 is 2.68 bits per heavy atom. The SMILES string of the molecule is CC1CN(C(C(=O)N2CCCCCC2)c2ccco2)CCN1. The predicted octanol–water partition coefficient (Wildman–Crippen LogP) is 2.02. The van der Waals surface area contributed by atoms with Gasteiger partial charge in [-0.3, -0.25) is 9.69 Å². The van der Waals surface area contributed by atoms with Gasteiger partial charge >= 0.3 is 0 Å². The zero-order valence-electron chi connectivity index (χ0n) is 13.5. The summed E-state index contributed by atoms with van der Waals surface area (Å²) in [5.41, 5.74) is 0. The quantitative estimate of drug-likeness (QED) is 0.928. The summed E-state index contributed by atoms with van der Waals surface area (Å²) in [6.45, 7) is 6.63. The molecule has 2 unspecified atom stereocenters. The summed E-state index contributed by atoms with van der Waals surface area (Å²) in [6.07, 6.45) is 6.38. The molecule has 0 radical (unpaired) electrons. The van der Waals surface area contributed by atoms with Gasteiger partial charge in [-0.15, -0.1) is 0 Å². The molecule has 0 bridgehead atoms. The van der Waals surface area contributed by atoms with Crippen LogP contribution in [0.3, 0.4) is 0 Å². The van der Waals surface area contributed by atoms with Crippen molar-refractivity contribution in [2.75, 3.05) is 32.7 Å². The third-order valence-electron chi connectivity index (χ3n) is 4.73. The van der Waals surface area contributed by atoms with Crippen LogP contribution in [0.2, 0.25) is 0 Å². The number of piperazine rings is 1. The van der Waals surface area contributed by atoms with Crippen LogP contribution in [0, 0.1) is 0 Å². The van der Waals surface area contributed by atoms with E-state index in [0.717, 1.165) is 51.3 Å². The highest BCUT2D eigenvalue weighted by atomic mass is 16.3. The predicted molar refractivity (Wildman–Crippen MR) is 85.5 cm³/mol. The average molecular weight is 305 g/mol. The maximum Gasteiger partial charge on any atom is 0.247 e. The van der Waals surface area contributed by atoms with Crippen LogP contribution in [0.25, 0.3) is 0 Å². The molecule has 2 atom stereocenters. The van der Waals surface area contributed by atoms with Crippen molar-refractivity contribution in [2.24, 2.45) is 0 Å². The lowest BCUT2D eigenvalue weighted by atomic mass is 10.1. The molecule has 5 heteroatoms. The van der Waals surface area contributed by atoms with Crippen LogP contribution in [-0.4, -0.2) is 54.5 Å². The maximum atomic E-state index is 13.2. The topological polar surface area (TPSA) is 48.7 Å². The Bertz CT molecular complexity index is 466. The van der Waals surface area contributed by atoms with Crippen molar-refractivity contribution in [1.82, 2.24) is 15.1 Å². The Morgan fingerprint density at radius 2 is 2.05 bits per heavy atom. The lowest BCUT2D eigenvalue weighted by Gasteiger charge is -2.38. The summed E-state index contributed by atoms with van der Waals surface area (Å²) in [4.78, 5) is 17.5. The van der Waals surface area contributed by atoms with Gasteiger partial charge in [-0.05, 0) is 31.9 Å². The van der Waals surface area contributed by atoms with E-state index in [1.165, 1.54) is 12.8 Å². The molecule has 1 aromatic heterocycles. The third kappa shape index (κ3) is 3.52. The van der Waals surface area contributed by atoms with Crippen molar-refractivity contribution in [3.05, 3.63) is 24.2 Å². The van der Waals surface area contributed by atoms with Crippen molar-refractivity contribution >= 4 is 5.91 Å². The maximum absolute atomic E-state index is 13.2. The van der Waals surface area contributed by atoms with E-state index >= 15 is 0 Å². The molecule has 122 valence electrons. The van der Waals surface area contributed by atoms with Crippen molar-refractivity contribution < 1.29 is 9.21 Å². The van der Waals surface area contributed by atoms with Crippen LogP contribution in [0.1, 0.15) is 44.4 Å². The van der Waals surface area contributed by atoms with Crippen molar-refractivity contribution in [2.45, 2.75) is 44.7 Å². The Labute approximate surface area is 132 Å². The molecular weight excluding hydrogens is 278 g/mol. The van der Waals surface area contributed by atoms with Gasteiger partial charge in [0.15, 0.2) is 0 Å². The summed E-state index contributed by atoms with van der Waals surface area (Å²) in [6, 6.07) is 3.96. The molecule has 2 aliphatic heterocycles. The van der Waals surface area contributed by atoms with E-state index in [9.17, 15) is 4.79 Å². The molecule has 22 heavy (non-hydrogen) atoms. The lowest BCUT2D eigenvalue weighted by Crippen LogP contribution is -2.53. The Morgan fingerprint density at radius 1 is 1.27 bits per heavy atom. The number of hydrogen-bond acceptors (Lipinski definition) is 4. The molecule has 5 nitrogen and oxygen atoms in total. The van der Waals surface area contributed by atoms with E-state index in [0.29, 0.717) is 6.04 Å². The molecular formula is C17H27N3O2. The first-order valence-corrected chi connectivity index (χ1v) is 8.55. The standard InChI is InChI=1S/C17H27N3O2/c1-14-13-20(11-8-18-14)16(15-7-6-12-22-15)17(21)19-9-4-2-3-5-10-19/h6-7,12,14,16,18H,2-5,8-11,13H2,1H3. The normalized spacial score (nSPS) is 25.7. The van der Waals surface area contributed by atoms with E-state index in [2.05, 4.69) is 17.1 Å². The Balaban J connectivity index is 1.79. The molecule has 0 aromatic carbocycles. The largest absolute Gasteiger partial charge is 0.467 e. The monoisotopic (exact) mass is 305 g/mol. The van der Waals surface area contributed by atoms with Gasteiger partial charge in [-0.25, -0.2) is 0 Å². The summed E-state index contributed by atoms with van der Waals surface area (Å²) in [5.74, 6) is 0.995. The molecule has 2 aliphatic rings. The van der Waals surface area contributed by atoms with Crippen LogP contribution < -0.4 is 5.32 Å². The molecule has 3 rings (SSSR count). The van der Waals surface area contributed by atoms with E-state index in [-0.39, 0.29) is 11.9 Å². The number of carbonyl (C=O) groups excluding carboxylic acids is 1. The summed E-state index contributed by atoms with van der Waals surface area (Å²) in [5, 5.41) is 3.44. The van der Waals surface area contributed by atoms with Crippen LogP contribution in [-0.2, 0) is 4.79 Å². The van der Waals surface area contributed by atoms with Gasteiger partial charge in [0, 0.05) is 38.8 Å². The molecule has 1 amide bonds. The van der Waals surface area contributed by atoms with Crippen molar-refractivity contribution in [3.63, 3.8) is 0 Å². The summed E-state index contributed by atoms with van der Waals surface area (Å²) >= 11 is 0. The highest BCUT2D eigenvalue weighted by molar-refractivity contribution is 5.82. The second kappa shape index (κ2) is 7.29. The fourth-order valence-electron chi connectivity index (χ4n) is 3.57.